The summed E-state index contributed by atoms with van der Waals surface area (Å²) in [5, 5.41) is 10.9. The molecule has 3 rings (SSSR count). The van der Waals surface area contributed by atoms with Gasteiger partial charge in [-0.05, 0) is 37.5 Å². The highest BCUT2D eigenvalue weighted by atomic mass is 16.2. The van der Waals surface area contributed by atoms with E-state index in [0.29, 0.717) is 13.1 Å². The van der Waals surface area contributed by atoms with Crippen molar-refractivity contribution in [2.24, 2.45) is 7.05 Å². The maximum absolute atomic E-state index is 12.3. The van der Waals surface area contributed by atoms with Gasteiger partial charge in [-0.15, -0.1) is 11.7 Å². The minimum Gasteiger partial charge on any atom is -0.350 e. The van der Waals surface area contributed by atoms with Gasteiger partial charge in [0.1, 0.15) is 11.6 Å². The predicted molar refractivity (Wildman–Crippen MR) is 96.6 cm³/mol. The minimum absolute atomic E-state index is 0.0429. The normalized spacial score (nSPS) is 16.3. The Morgan fingerprint density at radius 2 is 2.16 bits per heavy atom. The summed E-state index contributed by atoms with van der Waals surface area (Å²) in [6.07, 6.45) is 3.36. The highest BCUT2D eigenvalue weighted by Crippen LogP contribution is 2.18. The molecule has 2 aromatic rings. The van der Waals surface area contributed by atoms with Gasteiger partial charge in [0.25, 0.3) is 0 Å². The molecule has 0 saturated carbocycles. The van der Waals surface area contributed by atoms with Crippen LogP contribution >= 0.6 is 0 Å². The maximum Gasteiger partial charge on any atom is 0.243 e. The number of hydrogen-bond acceptors (Lipinski definition) is 4. The highest BCUT2D eigenvalue weighted by molar-refractivity contribution is 5.87. The number of hydrogen-bond donors (Lipinski definition) is 1. The van der Waals surface area contributed by atoms with Crippen LogP contribution in [0.5, 0.6) is 0 Å². The average Bonchev–Trinajstić information content (AvgIpc) is 3.21. The van der Waals surface area contributed by atoms with Crippen molar-refractivity contribution in [2.75, 3.05) is 6.54 Å². The van der Waals surface area contributed by atoms with E-state index in [9.17, 15) is 9.59 Å². The molecule has 2 heterocycles. The number of carbonyl (C=O) groups excluding carboxylic acids is 2. The van der Waals surface area contributed by atoms with Gasteiger partial charge in [-0.1, -0.05) is 17.4 Å². The van der Waals surface area contributed by atoms with Gasteiger partial charge in [-0.2, -0.15) is 0 Å². The van der Waals surface area contributed by atoms with Crippen LogP contribution in [0.15, 0.2) is 30.9 Å². The highest BCUT2D eigenvalue weighted by Gasteiger charge is 2.31. The Hall–Kier alpha value is -2.70. The summed E-state index contributed by atoms with van der Waals surface area (Å²) in [6, 6.07) is 5.47. The Bertz CT molecular complexity index is 768. The largest absolute Gasteiger partial charge is 0.350 e. The minimum atomic E-state index is -0.335. The van der Waals surface area contributed by atoms with Crippen molar-refractivity contribution >= 4 is 22.8 Å². The predicted octanol–water partition coefficient (Wildman–Crippen LogP) is 1.79. The molecule has 1 fully saturated rings. The van der Waals surface area contributed by atoms with E-state index in [-0.39, 0.29) is 17.9 Å². The first kappa shape index (κ1) is 18.6. The number of fused-ring (bicyclic) bond motifs is 1. The Labute approximate surface area is 147 Å². The average molecular weight is 343 g/mol. The zero-order valence-electron chi connectivity index (χ0n) is 15.0. The molecule has 1 N–H and O–H groups in total. The molecule has 1 aliphatic rings. The van der Waals surface area contributed by atoms with E-state index in [2.05, 4.69) is 22.2 Å². The molecule has 1 saturated heterocycles. The zero-order valence-corrected chi connectivity index (χ0v) is 15.0. The zero-order chi connectivity index (χ0) is 18.4. The Balaban J connectivity index is 0.000000701. The molecule has 7 nitrogen and oxygen atoms in total. The Morgan fingerprint density at radius 1 is 1.44 bits per heavy atom. The van der Waals surface area contributed by atoms with E-state index in [1.807, 2.05) is 32.2 Å². The van der Waals surface area contributed by atoms with Gasteiger partial charge in [0.05, 0.1) is 5.52 Å². The second kappa shape index (κ2) is 8.41. The summed E-state index contributed by atoms with van der Waals surface area (Å²) >= 11 is 0. The van der Waals surface area contributed by atoms with E-state index in [1.165, 1.54) is 6.92 Å². The van der Waals surface area contributed by atoms with Crippen molar-refractivity contribution in [3.63, 3.8) is 0 Å². The lowest BCUT2D eigenvalue weighted by Gasteiger charge is -2.22. The second-order valence-electron chi connectivity index (χ2n) is 6.03. The van der Waals surface area contributed by atoms with Gasteiger partial charge < -0.3 is 10.2 Å². The molecule has 25 heavy (non-hydrogen) atoms. The molecule has 0 bridgehead atoms. The summed E-state index contributed by atoms with van der Waals surface area (Å²) in [7, 11) is 1.84. The van der Waals surface area contributed by atoms with Crippen molar-refractivity contribution in [3.05, 3.63) is 36.4 Å². The molecule has 0 aliphatic carbocycles. The summed E-state index contributed by atoms with van der Waals surface area (Å²) < 4.78 is 1.71. The first-order valence-corrected chi connectivity index (χ1v) is 8.38. The van der Waals surface area contributed by atoms with Gasteiger partial charge in [0, 0.05) is 27.1 Å². The van der Waals surface area contributed by atoms with Gasteiger partial charge in [-0.3, -0.25) is 9.59 Å². The summed E-state index contributed by atoms with van der Waals surface area (Å²) in [4.78, 5) is 25.4. The Morgan fingerprint density at radius 3 is 2.84 bits per heavy atom. The van der Waals surface area contributed by atoms with Crippen molar-refractivity contribution in [3.8, 4) is 0 Å². The van der Waals surface area contributed by atoms with Crippen LogP contribution in [-0.2, 0) is 23.2 Å². The smallest absolute Gasteiger partial charge is 0.243 e. The third kappa shape index (κ3) is 4.43. The van der Waals surface area contributed by atoms with Crippen LogP contribution in [0.2, 0.25) is 0 Å². The standard InChI is InChI=1S/C15H19N5O2.C3H6/c1-10(21)20-7-3-4-14(20)15(22)16-9-11-5-6-13-12(8-11)17-18-19(13)2;1-3-2/h5-6,8,14H,3-4,7,9H2,1-2H3,(H,16,22);3H,1H2,2H3/t14-;/m0./s1. The SMILES string of the molecule is C=CC.CC(=O)N1CCC[C@H]1C(=O)NCc1ccc2c(c1)nnn2C. The number of likely N-dealkylation sites (tertiary alicyclic amines) is 1. The molecule has 0 spiro atoms. The van der Waals surface area contributed by atoms with Crippen LogP contribution < -0.4 is 5.32 Å². The number of aromatic nitrogens is 3. The molecule has 0 radical (unpaired) electrons. The third-order valence-corrected chi connectivity index (χ3v) is 4.10. The van der Waals surface area contributed by atoms with E-state index in [4.69, 9.17) is 0 Å². The lowest BCUT2D eigenvalue weighted by molar-refractivity contribution is -0.136. The number of nitrogens with zero attached hydrogens (tertiary/aromatic N) is 4. The fourth-order valence-corrected chi connectivity index (χ4v) is 2.92. The number of carbonyl (C=O) groups is 2. The van der Waals surface area contributed by atoms with Gasteiger partial charge in [0.2, 0.25) is 11.8 Å². The molecule has 1 atom stereocenters. The van der Waals surface area contributed by atoms with Crippen molar-refractivity contribution < 1.29 is 9.59 Å². The molecule has 1 aliphatic heterocycles. The van der Waals surface area contributed by atoms with Crippen LogP contribution in [0.3, 0.4) is 0 Å². The summed E-state index contributed by atoms with van der Waals surface area (Å²) in [5.41, 5.74) is 2.72. The number of allylic oxidation sites excluding steroid dienone is 1. The molecule has 2 amide bonds. The lowest BCUT2D eigenvalue weighted by atomic mass is 10.1. The molecule has 1 aromatic heterocycles. The van der Waals surface area contributed by atoms with E-state index in [1.54, 1.807) is 15.7 Å². The number of nitrogens with one attached hydrogen (secondary N) is 1. The molecular formula is C18H25N5O2. The quantitative estimate of drug-likeness (QED) is 0.862. The topological polar surface area (TPSA) is 80.1 Å². The number of benzene rings is 1. The summed E-state index contributed by atoms with van der Waals surface area (Å²) in [6.45, 7) is 7.85. The van der Waals surface area contributed by atoms with Crippen LogP contribution in [-0.4, -0.2) is 44.3 Å². The monoisotopic (exact) mass is 343 g/mol. The maximum atomic E-state index is 12.3. The summed E-state index contributed by atoms with van der Waals surface area (Å²) in [5.74, 6) is -0.134. The van der Waals surface area contributed by atoms with E-state index in [0.717, 1.165) is 29.4 Å². The van der Waals surface area contributed by atoms with Crippen molar-refractivity contribution in [2.45, 2.75) is 39.3 Å². The van der Waals surface area contributed by atoms with Crippen LogP contribution in [0.1, 0.15) is 32.3 Å². The Kier molecular flexibility index (Phi) is 6.27. The molecule has 7 heteroatoms. The van der Waals surface area contributed by atoms with Gasteiger partial charge in [-0.25, -0.2) is 4.68 Å². The first-order chi connectivity index (χ1) is 12.0. The number of aryl methyl sites for hydroxylation is 1. The van der Waals surface area contributed by atoms with Gasteiger partial charge in [0.15, 0.2) is 0 Å². The van der Waals surface area contributed by atoms with Crippen LogP contribution in [0.4, 0.5) is 0 Å². The molecular weight excluding hydrogens is 318 g/mol. The van der Waals surface area contributed by atoms with E-state index >= 15 is 0 Å². The number of amides is 2. The van der Waals surface area contributed by atoms with Crippen LogP contribution in [0.25, 0.3) is 11.0 Å². The fraction of sp³-hybridized carbons (Fsp3) is 0.444. The number of rotatable bonds is 3. The molecule has 134 valence electrons. The van der Waals surface area contributed by atoms with Crippen molar-refractivity contribution in [1.82, 2.24) is 25.2 Å². The molecule has 1 aromatic carbocycles. The fourth-order valence-electron chi connectivity index (χ4n) is 2.92. The lowest BCUT2D eigenvalue weighted by Crippen LogP contribution is -2.44. The van der Waals surface area contributed by atoms with E-state index < -0.39 is 0 Å². The molecule has 0 unspecified atom stereocenters. The second-order valence-corrected chi connectivity index (χ2v) is 6.03. The van der Waals surface area contributed by atoms with Crippen LogP contribution in [0, 0.1) is 0 Å². The first-order valence-electron chi connectivity index (χ1n) is 8.38. The van der Waals surface area contributed by atoms with Gasteiger partial charge >= 0.3 is 0 Å². The third-order valence-electron chi connectivity index (χ3n) is 4.10. The van der Waals surface area contributed by atoms with Crippen molar-refractivity contribution in [1.29, 1.82) is 0 Å².